The third-order valence-electron chi connectivity index (χ3n) is 3.84. The summed E-state index contributed by atoms with van der Waals surface area (Å²) in [7, 11) is 0. The van der Waals surface area contributed by atoms with Crippen LogP contribution in [0.4, 0.5) is 0 Å². The van der Waals surface area contributed by atoms with E-state index in [2.05, 4.69) is 13.2 Å². The number of hydrogen-bond donors (Lipinski definition) is 2. The van der Waals surface area contributed by atoms with Gasteiger partial charge < -0.3 is 10.8 Å². The fourth-order valence-corrected chi connectivity index (χ4v) is 3.32. The molecular formula is C12H25NOS. The smallest absolute Gasteiger partial charge is 0.0616 e. The van der Waals surface area contributed by atoms with Crippen LogP contribution in [0.1, 0.15) is 39.0 Å². The average Bonchev–Trinajstić information content (AvgIpc) is 2.25. The van der Waals surface area contributed by atoms with Gasteiger partial charge in [0.1, 0.15) is 0 Å². The van der Waals surface area contributed by atoms with Crippen molar-refractivity contribution in [2.45, 2.75) is 45.1 Å². The molecule has 1 rings (SSSR count). The molecule has 0 aliphatic heterocycles. The number of thioether (sulfide) groups is 1. The first kappa shape index (κ1) is 13.3. The lowest BCUT2D eigenvalue weighted by Gasteiger charge is -2.42. The van der Waals surface area contributed by atoms with Gasteiger partial charge in [0.05, 0.1) is 6.10 Å². The molecule has 0 radical (unpaired) electrons. The SMILES string of the molecule is CSCCC(O)C1(CN)CCCC(C)C1. The van der Waals surface area contributed by atoms with E-state index in [0.29, 0.717) is 6.54 Å². The van der Waals surface area contributed by atoms with E-state index in [0.717, 1.165) is 30.9 Å². The highest BCUT2D eigenvalue weighted by molar-refractivity contribution is 7.98. The third-order valence-corrected chi connectivity index (χ3v) is 4.48. The monoisotopic (exact) mass is 231 g/mol. The predicted molar refractivity (Wildman–Crippen MR) is 68.1 cm³/mol. The van der Waals surface area contributed by atoms with E-state index in [4.69, 9.17) is 5.73 Å². The van der Waals surface area contributed by atoms with Crippen molar-refractivity contribution >= 4 is 11.8 Å². The predicted octanol–water partition coefficient (Wildman–Crippen LogP) is 2.26. The van der Waals surface area contributed by atoms with Crippen molar-refractivity contribution < 1.29 is 5.11 Å². The van der Waals surface area contributed by atoms with Crippen LogP contribution in [-0.2, 0) is 0 Å². The summed E-state index contributed by atoms with van der Waals surface area (Å²) >= 11 is 1.80. The Morgan fingerprint density at radius 3 is 2.87 bits per heavy atom. The van der Waals surface area contributed by atoms with Gasteiger partial charge in [-0.15, -0.1) is 0 Å². The zero-order valence-electron chi connectivity index (χ0n) is 10.0. The summed E-state index contributed by atoms with van der Waals surface area (Å²) < 4.78 is 0. The van der Waals surface area contributed by atoms with Crippen molar-refractivity contribution in [1.82, 2.24) is 0 Å². The molecule has 0 aromatic carbocycles. The Balaban J connectivity index is 2.57. The van der Waals surface area contributed by atoms with E-state index in [-0.39, 0.29) is 11.5 Å². The van der Waals surface area contributed by atoms with Crippen molar-refractivity contribution in [1.29, 1.82) is 0 Å². The highest BCUT2D eigenvalue weighted by atomic mass is 32.2. The van der Waals surface area contributed by atoms with Gasteiger partial charge in [-0.3, -0.25) is 0 Å². The van der Waals surface area contributed by atoms with E-state index in [1.165, 1.54) is 12.8 Å². The molecule has 1 aliphatic rings. The van der Waals surface area contributed by atoms with Gasteiger partial charge in [0.2, 0.25) is 0 Å². The maximum absolute atomic E-state index is 10.3. The minimum Gasteiger partial charge on any atom is -0.392 e. The van der Waals surface area contributed by atoms with Gasteiger partial charge >= 0.3 is 0 Å². The number of aliphatic hydroxyl groups excluding tert-OH is 1. The molecule has 3 heteroatoms. The van der Waals surface area contributed by atoms with Crippen LogP contribution in [0.2, 0.25) is 0 Å². The minimum atomic E-state index is -0.197. The van der Waals surface area contributed by atoms with Crippen LogP contribution in [0.3, 0.4) is 0 Å². The molecule has 3 unspecified atom stereocenters. The molecule has 0 bridgehead atoms. The molecule has 1 saturated carbocycles. The standard InChI is InChI=1S/C12H25NOS/c1-10-4-3-6-12(8-10,9-13)11(14)5-7-15-2/h10-11,14H,3-9,13H2,1-2H3. The Labute approximate surface area is 98.0 Å². The summed E-state index contributed by atoms with van der Waals surface area (Å²) in [6, 6.07) is 0. The van der Waals surface area contributed by atoms with Gasteiger partial charge in [0.15, 0.2) is 0 Å². The molecule has 0 spiro atoms. The minimum absolute atomic E-state index is 0.0212. The second kappa shape index (κ2) is 6.12. The van der Waals surface area contributed by atoms with E-state index in [1.54, 1.807) is 11.8 Å². The fourth-order valence-electron chi connectivity index (χ4n) is 2.86. The van der Waals surface area contributed by atoms with Crippen molar-refractivity contribution in [3.8, 4) is 0 Å². The van der Waals surface area contributed by atoms with Crippen LogP contribution in [-0.4, -0.2) is 29.8 Å². The summed E-state index contributed by atoms with van der Waals surface area (Å²) in [5.41, 5.74) is 5.93. The lowest BCUT2D eigenvalue weighted by molar-refractivity contribution is -0.0123. The quantitative estimate of drug-likeness (QED) is 0.763. The number of aliphatic hydroxyl groups is 1. The van der Waals surface area contributed by atoms with Crippen molar-refractivity contribution in [2.24, 2.45) is 17.1 Å². The molecule has 3 atom stereocenters. The Morgan fingerprint density at radius 2 is 2.33 bits per heavy atom. The molecule has 1 fully saturated rings. The Kier molecular flexibility index (Phi) is 5.44. The maximum atomic E-state index is 10.3. The molecule has 0 aromatic heterocycles. The Hall–Kier alpha value is 0.270. The van der Waals surface area contributed by atoms with Crippen LogP contribution >= 0.6 is 11.8 Å². The molecule has 0 aromatic rings. The van der Waals surface area contributed by atoms with Gasteiger partial charge in [-0.05, 0) is 37.2 Å². The van der Waals surface area contributed by atoms with E-state index >= 15 is 0 Å². The molecule has 15 heavy (non-hydrogen) atoms. The molecule has 0 saturated heterocycles. The summed E-state index contributed by atoms with van der Waals surface area (Å²) in [4.78, 5) is 0. The summed E-state index contributed by atoms with van der Waals surface area (Å²) in [6.45, 7) is 2.93. The molecule has 1 aliphatic carbocycles. The first-order valence-electron chi connectivity index (χ1n) is 6.01. The first-order valence-corrected chi connectivity index (χ1v) is 7.41. The van der Waals surface area contributed by atoms with Gasteiger partial charge in [0.25, 0.3) is 0 Å². The van der Waals surface area contributed by atoms with Gasteiger partial charge in [0, 0.05) is 12.0 Å². The molecule has 3 N–H and O–H groups in total. The Bertz CT molecular complexity index is 188. The highest BCUT2D eigenvalue weighted by Crippen LogP contribution is 2.42. The van der Waals surface area contributed by atoms with Gasteiger partial charge in [-0.25, -0.2) is 0 Å². The van der Waals surface area contributed by atoms with Crippen molar-refractivity contribution in [3.63, 3.8) is 0 Å². The van der Waals surface area contributed by atoms with Crippen LogP contribution in [0.15, 0.2) is 0 Å². The van der Waals surface area contributed by atoms with Gasteiger partial charge in [-0.2, -0.15) is 11.8 Å². The second-order valence-corrected chi connectivity index (χ2v) is 6.05. The second-order valence-electron chi connectivity index (χ2n) is 5.07. The Morgan fingerprint density at radius 1 is 1.60 bits per heavy atom. The highest BCUT2D eigenvalue weighted by Gasteiger charge is 2.39. The zero-order chi connectivity index (χ0) is 11.3. The van der Waals surface area contributed by atoms with Crippen LogP contribution in [0.5, 0.6) is 0 Å². The van der Waals surface area contributed by atoms with E-state index < -0.39 is 0 Å². The number of nitrogens with two attached hydrogens (primary N) is 1. The molecule has 2 nitrogen and oxygen atoms in total. The summed E-state index contributed by atoms with van der Waals surface area (Å²) in [5.74, 6) is 1.77. The fraction of sp³-hybridized carbons (Fsp3) is 1.00. The lowest BCUT2D eigenvalue weighted by atomic mass is 9.66. The average molecular weight is 231 g/mol. The summed E-state index contributed by atoms with van der Waals surface area (Å²) in [6.07, 6.45) is 7.54. The van der Waals surface area contributed by atoms with Crippen LogP contribution in [0.25, 0.3) is 0 Å². The normalized spacial score (nSPS) is 34.0. The van der Waals surface area contributed by atoms with E-state index in [1.807, 2.05) is 0 Å². The first-order chi connectivity index (χ1) is 7.14. The van der Waals surface area contributed by atoms with E-state index in [9.17, 15) is 5.11 Å². The third kappa shape index (κ3) is 3.36. The van der Waals surface area contributed by atoms with Crippen molar-refractivity contribution in [3.05, 3.63) is 0 Å². The maximum Gasteiger partial charge on any atom is 0.0616 e. The lowest BCUT2D eigenvalue weighted by Crippen LogP contribution is -2.45. The zero-order valence-corrected chi connectivity index (χ0v) is 10.9. The van der Waals surface area contributed by atoms with Crippen molar-refractivity contribution in [2.75, 3.05) is 18.6 Å². The molecular weight excluding hydrogens is 206 g/mol. The molecule has 0 heterocycles. The largest absolute Gasteiger partial charge is 0.392 e. The molecule has 0 amide bonds. The van der Waals surface area contributed by atoms with Crippen LogP contribution in [0, 0.1) is 11.3 Å². The van der Waals surface area contributed by atoms with Gasteiger partial charge in [-0.1, -0.05) is 19.8 Å². The number of hydrogen-bond acceptors (Lipinski definition) is 3. The summed E-state index contributed by atoms with van der Waals surface area (Å²) in [5, 5.41) is 10.3. The topological polar surface area (TPSA) is 46.2 Å². The molecule has 90 valence electrons. The number of rotatable bonds is 5. The van der Waals surface area contributed by atoms with Crippen LogP contribution < -0.4 is 5.73 Å².